The van der Waals surface area contributed by atoms with Crippen LogP contribution < -0.4 is 0 Å². The minimum absolute atomic E-state index is 0.965. The highest BCUT2D eigenvalue weighted by molar-refractivity contribution is 5.64. The minimum atomic E-state index is 0.965. The summed E-state index contributed by atoms with van der Waals surface area (Å²) in [5.74, 6) is 0. The summed E-state index contributed by atoms with van der Waals surface area (Å²) in [5.41, 5.74) is 1.93. The van der Waals surface area contributed by atoms with Gasteiger partial charge in [-0.25, -0.2) is 0 Å². The Labute approximate surface area is 72.7 Å². The molecule has 0 N–H and O–H groups in total. The van der Waals surface area contributed by atoms with E-state index < -0.39 is 0 Å². The first-order valence-corrected chi connectivity index (χ1v) is 3.94. The van der Waals surface area contributed by atoms with E-state index in [-0.39, 0.29) is 0 Å². The van der Waals surface area contributed by atoms with Gasteiger partial charge in [0.25, 0.3) is 0 Å². The van der Waals surface area contributed by atoms with Gasteiger partial charge in [0.15, 0.2) is 0 Å². The summed E-state index contributed by atoms with van der Waals surface area (Å²) in [6, 6.07) is 7.79. The molecule has 2 heteroatoms. The van der Waals surface area contributed by atoms with Crippen molar-refractivity contribution in [1.82, 2.24) is 0 Å². The second-order valence-electron chi connectivity index (χ2n) is 2.29. The normalized spacial score (nSPS) is 11.5. The topological polar surface area (TPSA) is 24.7 Å². The van der Waals surface area contributed by atoms with Gasteiger partial charge in [0.1, 0.15) is 0 Å². The molecule has 0 amide bonds. The van der Waals surface area contributed by atoms with Crippen LogP contribution in [-0.2, 0) is 0 Å². The first kappa shape index (κ1) is 8.65. The predicted octanol–water partition coefficient (Wildman–Crippen LogP) is 3.13. The second-order valence-corrected chi connectivity index (χ2v) is 2.29. The molecule has 0 saturated carbocycles. The molecule has 0 unspecified atom stereocenters. The Morgan fingerprint density at radius 3 is 1.42 bits per heavy atom. The molecule has 0 spiro atoms. The van der Waals surface area contributed by atoms with Crippen molar-refractivity contribution in [3.05, 3.63) is 24.3 Å². The van der Waals surface area contributed by atoms with Gasteiger partial charge in [-0.15, -0.1) is 0 Å². The Hall–Kier alpha value is -1.44. The van der Waals surface area contributed by atoms with Crippen LogP contribution in [0.5, 0.6) is 0 Å². The number of hydrogen-bond acceptors (Lipinski definition) is 2. The second kappa shape index (κ2) is 4.44. The van der Waals surface area contributed by atoms with Crippen molar-refractivity contribution >= 4 is 23.8 Å². The third kappa shape index (κ3) is 2.31. The van der Waals surface area contributed by atoms with Gasteiger partial charge in [-0.05, 0) is 38.1 Å². The van der Waals surface area contributed by atoms with Gasteiger partial charge in [-0.2, -0.15) is 0 Å². The Morgan fingerprint density at radius 1 is 0.833 bits per heavy atom. The van der Waals surface area contributed by atoms with E-state index in [1.54, 1.807) is 12.4 Å². The quantitative estimate of drug-likeness (QED) is 0.594. The van der Waals surface area contributed by atoms with Crippen LogP contribution in [0, 0.1) is 0 Å². The van der Waals surface area contributed by atoms with E-state index in [1.165, 1.54) is 0 Å². The van der Waals surface area contributed by atoms with Crippen LogP contribution in [0.3, 0.4) is 0 Å². The Bertz CT molecular complexity index is 252. The molecular formula is C10H12N2. The SMILES string of the molecule is C/C=N/c1ccc(/N=C/C)cc1. The van der Waals surface area contributed by atoms with Crippen molar-refractivity contribution in [3.63, 3.8) is 0 Å². The third-order valence-corrected chi connectivity index (χ3v) is 1.41. The molecule has 0 aliphatic rings. The summed E-state index contributed by atoms with van der Waals surface area (Å²) >= 11 is 0. The van der Waals surface area contributed by atoms with E-state index in [0.29, 0.717) is 0 Å². The average molecular weight is 160 g/mol. The molecule has 0 aliphatic heterocycles. The number of benzene rings is 1. The summed E-state index contributed by atoms with van der Waals surface area (Å²) < 4.78 is 0. The maximum atomic E-state index is 4.13. The highest BCUT2D eigenvalue weighted by Gasteiger charge is 1.87. The summed E-state index contributed by atoms with van der Waals surface area (Å²) in [5, 5.41) is 0. The molecule has 0 fully saturated rings. The zero-order valence-corrected chi connectivity index (χ0v) is 7.36. The smallest absolute Gasteiger partial charge is 0.0627 e. The average Bonchev–Trinajstić information content (AvgIpc) is 2.09. The van der Waals surface area contributed by atoms with Crippen molar-refractivity contribution in [1.29, 1.82) is 0 Å². The van der Waals surface area contributed by atoms with Crippen molar-refractivity contribution in [2.45, 2.75) is 13.8 Å². The minimum Gasteiger partial charge on any atom is -0.262 e. The lowest BCUT2D eigenvalue weighted by Gasteiger charge is -1.93. The lowest BCUT2D eigenvalue weighted by molar-refractivity contribution is 1.48. The molecule has 0 saturated heterocycles. The lowest BCUT2D eigenvalue weighted by atomic mass is 10.3. The van der Waals surface area contributed by atoms with Gasteiger partial charge in [0.2, 0.25) is 0 Å². The molecule has 0 aliphatic carbocycles. The molecule has 1 aromatic carbocycles. The molecule has 1 rings (SSSR count). The fourth-order valence-electron chi connectivity index (χ4n) is 0.923. The lowest BCUT2D eigenvalue weighted by Crippen LogP contribution is -1.66. The molecule has 2 nitrogen and oxygen atoms in total. The third-order valence-electron chi connectivity index (χ3n) is 1.41. The standard InChI is InChI=1S/C10H12N2/c1-3-11-9-5-7-10(8-6-9)12-4-2/h3-8H,1-2H3/b11-3+,12-4+. The van der Waals surface area contributed by atoms with E-state index >= 15 is 0 Å². The molecule has 0 heterocycles. The first-order chi connectivity index (χ1) is 5.86. The van der Waals surface area contributed by atoms with Crippen molar-refractivity contribution in [2.24, 2.45) is 9.98 Å². The molecular weight excluding hydrogens is 148 g/mol. The van der Waals surface area contributed by atoms with Gasteiger partial charge in [-0.3, -0.25) is 9.98 Å². The van der Waals surface area contributed by atoms with Crippen LogP contribution in [0.2, 0.25) is 0 Å². The number of rotatable bonds is 2. The Morgan fingerprint density at radius 2 is 1.17 bits per heavy atom. The molecule has 0 atom stereocenters. The summed E-state index contributed by atoms with van der Waals surface area (Å²) in [6.45, 7) is 3.80. The van der Waals surface area contributed by atoms with Crippen molar-refractivity contribution in [3.8, 4) is 0 Å². The maximum Gasteiger partial charge on any atom is 0.0627 e. The van der Waals surface area contributed by atoms with Gasteiger partial charge < -0.3 is 0 Å². The zero-order chi connectivity index (χ0) is 8.81. The number of nitrogens with zero attached hydrogens (tertiary/aromatic N) is 2. The zero-order valence-electron chi connectivity index (χ0n) is 7.36. The van der Waals surface area contributed by atoms with Crippen molar-refractivity contribution < 1.29 is 0 Å². The van der Waals surface area contributed by atoms with E-state index in [2.05, 4.69) is 9.98 Å². The van der Waals surface area contributed by atoms with Crippen LogP contribution in [0.4, 0.5) is 11.4 Å². The maximum absolute atomic E-state index is 4.13. The molecule has 62 valence electrons. The van der Waals surface area contributed by atoms with E-state index in [1.807, 2.05) is 38.1 Å². The molecule has 1 aromatic rings. The first-order valence-electron chi connectivity index (χ1n) is 3.94. The summed E-state index contributed by atoms with van der Waals surface area (Å²) in [7, 11) is 0. The summed E-state index contributed by atoms with van der Waals surface area (Å²) in [6.07, 6.45) is 3.55. The highest BCUT2D eigenvalue weighted by Crippen LogP contribution is 2.17. The molecule has 0 aromatic heterocycles. The monoisotopic (exact) mass is 160 g/mol. The van der Waals surface area contributed by atoms with Crippen LogP contribution in [0.25, 0.3) is 0 Å². The van der Waals surface area contributed by atoms with Gasteiger partial charge in [0, 0.05) is 12.4 Å². The molecule has 0 radical (unpaired) electrons. The summed E-state index contributed by atoms with van der Waals surface area (Å²) in [4.78, 5) is 8.26. The van der Waals surface area contributed by atoms with E-state index in [9.17, 15) is 0 Å². The largest absolute Gasteiger partial charge is 0.262 e. The fourth-order valence-corrected chi connectivity index (χ4v) is 0.923. The van der Waals surface area contributed by atoms with Crippen LogP contribution in [0.1, 0.15) is 13.8 Å². The highest BCUT2D eigenvalue weighted by atomic mass is 14.7. The van der Waals surface area contributed by atoms with Crippen LogP contribution in [-0.4, -0.2) is 12.4 Å². The number of hydrogen-bond donors (Lipinski definition) is 0. The van der Waals surface area contributed by atoms with E-state index in [0.717, 1.165) is 11.4 Å². The number of aliphatic imine (C=N–C) groups is 2. The van der Waals surface area contributed by atoms with Crippen molar-refractivity contribution in [2.75, 3.05) is 0 Å². The van der Waals surface area contributed by atoms with Gasteiger partial charge in [0.05, 0.1) is 11.4 Å². The van der Waals surface area contributed by atoms with Gasteiger partial charge in [-0.1, -0.05) is 0 Å². The molecule has 12 heavy (non-hydrogen) atoms. The fraction of sp³-hybridized carbons (Fsp3) is 0.200. The van der Waals surface area contributed by atoms with E-state index in [4.69, 9.17) is 0 Å². The van der Waals surface area contributed by atoms with Crippen LogP contribution in [0.15, 0.2) is 34.3 Å². The van der Waals surface area contributed by atoms with Gasteiger partial charge >= 0.3 is 0 Å². The Balaban J connectivity index is 2.85. The predicted molar refractivity (Wildman–Crippen MR) is 54.1 cm³/mol. The molecule has 0 bridgehead atoms. The Kier molecular flexibility index (Phi) is 3.20. The van der Waals surface area contributed by atoms with Crippen LogP contribution >= 0.6 is 0 Å².